The van der Waals surface area contributed by atoms with Crippen LogP contribution < -0.4 is 13.8 Å². The van der Waals surface area contributed by atoms with Gasteiger partial charge in [-0.05, 0) is 30.5 Å². The number of hydrogen-bond donors (Lipinski definition) is 2. The number of phenols is 1. The first-order valence-corrected chi connectivity index (χ1v) is 9.26. The maximum Gasteiger partial charge on any atom is 0.326 e. The molecule has 1 heterocycles. The molecule has 26 heavy (non-hydrogen) atoms. The number of amides is 1. The minimum absolute atomic E-state index is 0.0567. The van der Waals surface area contributed by atoms with Gasteiger partial charge in [-0.3, -0.25) is 4.79 Å². The zero-order valence-electron chi connectivity index (χ0n) is 13.9. The van der Waals surface area contributed by atoms with Crippen LogP contribution in [-0.4, -0.2) is 45.8 Å². The molecule has 1 aliphatic rings. The van der Waals surface area contributed by atoms with E-state index in [2.05, 4.69) is 0 Å². The topological polar surface area (TPSA) is 105 Å². The summed E-state index contributed by atoms with van der Waals surface area (Å²) in [5, 5.41) is 10.5. The maximum absolute atomic E-state index is 15.0. The molecule has 2 aromatic rings. The third kappa shape index (κ3) is 3.37. The molecule has 1 amide bonds. The molecule has 0 atom stereocenters. The van der Waals surface area contributed by atoms with E-state index in [0.717, 1.165) is 0 Å². The minimum atomic E-state index is -4.25. The van der Waals surface area contributed by atoms with Gasteiger partial charge in [-0.15, -0.1) is 0 Å². The standard InChI is InChI=1S/C16H17FN2O6S/c1-2-24-5-6-25-11-4-3-10-7-13(20)16(15(17)12(10)8-11)19-9-14(21)18-26(19,22)23/h3-4,7-8,20H,2,5-6,9H2,1H3,(H,18,21). The highest BCUT2D eigenvalue weighted by molar-refractivity contribution is 7.92. The molecule has 10 heteroatoms. The fourth-order valence-electron chi connectivity index (χ4n) is 2.64. The van der Waals surface area contributed by atoms with Crippen LogP contribution in [0, 0.1) is 5.82 Å². The Kier molecular flexibility index (Phi) is 4.88. The van der Waals surface area contributed by atoms with E-state index in [1.807, 2.05) is 6.92 Å². The van der Waals surface area contributed by atoms with Gasteiger partial charge in [-0.25, -0.2) is 13.4 Å². The lowest BCUT2D eigenvalue weighted by Gasteiger charge is -2.18. The Balaban J connectivity index is 2.01. The van der Waals surface area contributed by atoms with Crippen molar-refractivity contribution >= 4 is 32.6 Å². The summed E-state index contributed by atoms with van der Waals surface area (Å²) in [5.74, 6) is -1.99. The first-order valence-electron chi connectivity index (χ1n) is 7.82. The molecule has 0 aliphatic carbocycles. The lowest BCUT2D eigenvalue weighted by Crippen LogP contribution is -2.30. The zero-order chi connectivity index (χ0) is 18.9. The van der Waals surface area contributed by atoms with Gasteiger partial charge in [0.1, 0.15) is 30.3 Å². The van der Waals surface area contributed by atoms with Crippen molar-refractivity contribution < 1.29 is 32.2 Å². The number of nitrogens with zero attached hydrogens (tertiary/aromatic N) is 1. The number of fused-ring (bicyclic) bond motifs is 1. The highest BCUT2D eigenvalue weighted by atomic mass is 32.2. The molecule has 2 aromatic carbocycles. The number of ether oxygens (including phenoxy) is 2. The van der Waals surface area contributed by atoms with Crippen molar-refractivity contribution in [2.24, 2.45) is 0 Å². The van der Waals surface area contributed by atoms with Crippen molar-refractivity contribution in [2.45, 2.75) is 6.92 Å². The fraction of sp³-hybridized carbons (Fsp3) is 0.312. The van der Waals surface area contributed by atoms with Crippen LogP contribution in [0.1, 0.15) is 6.92 Å². The van der Waals surface area contributed by atoms with Gasteiger partial charge in [-0.2, -0.15) is 8.42 Å². The average Bonchev–Trinajstić information content (AvgIpc) is 2.84. The van der Waals surface area contributed by atoms with E-state index in [0.29, 0.717) is 28.7 Å². The first kappa shape index (κ1) is 18.2. The van der Waals surface area contributed by atoms with Crippen LogP contribution in [0.3, 0.4) is 0 Å². The SMILES string of the molecule is CCOCCOc1ccc2cc(O)c(N3CC(=O)NS3(=O)=O)c(F)c2c1. The van der Waals surface area contributed by atoms with Crippen LogP contribution in [0.25, 0.3) is 10.8 Å². The predicted molar refractivity (Wildman–Crippen MR) is 92.0 cm³/mol. The summed E-state index contributed by atoms with van der Waals surface area (Å²) in [6.07, 6.45) is 0. The van der Waals surface area contributed by atoms with E-state index in [1.54, 1.807) is 16.9 Å². The van der Waals surface area contributed by atoms with Gasteiger partial charge in [-0.1, -0.05) is 6.07 Å². The highest BCUT2D eigenvalue weighted by Crippen LogP contribution is 2.39. The number of hydrogen-bond acceptors (Lipinski definition) is 6. The number of rotatable bonds is 6. The molecule has 2 N–H and O–H groups in total. The van der Waals surface area contributed by atoms with E-state index in [-0.39, 0.29) is 12.0 Å². The summed E-state index contributed by atoms with van der Waals surface area (Å²) in [6.45, 7) is 2.44. The van der Waals surface area contributed by atoms with Gasteiger partial charge in [0.15, 0.2) is 5.82 Å². The summed E-state index contributed by atoms with van der Waals surface area (Å²) in [5.41, 5.74) is -0.581. The first-order chi connectivity index (χ1) is 12.3. The molecule has 140 valence electrons. The zero-order valence-corrected chi connectivity index (χ0v) is 14.7. The summed E-state index contributed by atoms with van der Waals surface area (Å²) in [7, 11) is -4.25. The molecule has 0 radical (unpaired) electrons. The Bertz CT molecular complexity index is 963. The molecule has 0 bridgehead atoms. The maximum atomic E-state index is 15.0. The number of anilines is 1. The third-order valence-corrected chi connectivity index (χ3v) is 5.15. The summed E-state index contributed by atoms with van der Waals surface area (Å²) in [6, 6.07) is 5.78. The minimum Gasteiger partial charge on any atom is -0.506 e. The Morgan fingerprint density at radius 1 is 1.31 bits per heavy atom. The van der Waals surface area contributed by atoms with E-state index >= 15 is 0 Å². The van der Waals surface area contributed by atoms with E-state index in [4.69, 9.17) is 9.47 Å². The quantitative estimate of drug-likeness (QED) is 0.727. The van der Waals surface area contributed by atoms with Crippen molar-refractivity contribution in [2.75, 3.05) is 30.7 Å². The van der Waals surface area contributed by atoms with Gasteiger partial charge in [0, 0.05) is 12.0 Å². The van der Waals surface area contributed by atoms with Gasteiger partial charge >= 0.3 is 10.2 Å². The summed E-state index contributed by atoms with van der Waals surface area (Å²) < 4.78 is 51.8. The number of halogens is 1. The molecule has 1 aliphatic heterocycles. The normalized spacial score (nSPS) is 16.1. The molecule has 3 rings (SSSR count). The van der Waals surface area contributed by atoms with E-state index in [9.17, 15) is 22.7 Å². The molecular formula is C16H17FN2O6S. The van der Waals surface area contributed by atoms with Crippen molar-refractivity contribution in [3.05, 3.63) is 30.1 Å². The van der Waals surface area contributed by atoms with Gasteiger partial charge in [0.05, 0.1) is 6.61 Å². The van der Waals surface area contributed by atoms with Crippen LogP contribution in [-0.2, 0) is 19.7 Å². The van der Waals surface area contributed by atoms with Gasteiger partial charge < -0.3 is 14.6 Å². The highest BCUT2D eigenvalue weighted by Gasteiger charge is 2.37. The number of phenolic OH excluding ortho intramolecular Hbond substituents is 1. The summed E-state index contributed by atoms with van der Waals surface area (Å²) >= 11 is 0. The van der Waals surface area contributed by atoms with Crippen molar-refractivity contribution in [1.29, 1.82) is 0 Å². The second-order valence-corrected chi connectivity index (χ2v) is 7.12. The number of benzene rings is 2. The van der Waals surface area contributed by atoms with E-state index < -0.39 is 39.9 Å². The molecule has 0 aromatic heterocycles. The van der Waals surface area contributed by atoms with Crippen LogP contribution >= 0.6 is 0 Å². The van der Waals surface area contributed by atoms with Gasteiger partial charge in [0.25, 0.3) is 5.91 Å². The lowest BCUT2D eigenvalue weighted by atomic mass is 10.1. The van der Waals surface area contributed by atoms with Crippen LogP contribution in [0.15, 0.2) is 24.3 Å². The van der Waals surface area contributed by atoms with Crippen molar-refractivity contribution in [3.63, 3.8) is 0 Å². The predicted octanol–water partition coefficient (Wildman–Crippen LogP) is 1.28. The monoisotopic (exact) mass is 384 g/mol. The molecule has 1 fully saturated rings. The smallest absolute Gasteiger partial charge is 0.326 e. The van der Waals surface area contributed by atoms with Gasteiger partial charge in [0.2, 0.25) is 0 Å². The average molecular weight is 384 g/mol. The van der Waals surface area contributed by atoms with E-state index in [1.165, 1.54) is 12.1 Å². The third-order valence-electron chi connectivity index (χ3n) is 3.77. The second kappa shape index (κ2) is 6.96. The molecule has 8 nitrogen and oxygen atoms in total. The molecule has 0 unspecified atom stereocenters. The number of nitrogens with one attached hydrogen (secondary N) is 1. The van der Waals surface area contributed by atoms with Crippen LogP contribution in [0.2, 0.25) is 0 Å². The fourth-order valence-corrected chi connectivity index (χ4v) is 3.81. The molecule has 1 saturated heterocycles. The largest absolute Gasteiger partial charge is 0.506 e. The summed E-state index contributed by atoms with van der Waals surface area (Å²) in [4.78, 5) is 11.4. The molecular weight excluding hydrogens is 367 g/mol. The Morgan fingerprint density at radius 3 is 2.73 bits per heavy atom. The molecule has 0 spiro atoms. The Hall–Kier alpha value is -2.59. The Labute approximate surface area is 149 Å². The number of carbonyl (C=O) groups is 1. The Morgan fingerprint density at radius 2 is 2.08 bits per heavy atom. The van der Waals surface area contributed by atoms with Crippen molar-refractivity contribution in [1.82, 2.24) is 4.72 Å². The number of carbonyl (C=O) groups excluding carboxylic acids is 1. The second-order valence-electron chi connectivity index (χ2n) is 5.52. The van der Waals surface area contributed by atoms with Crippen LogP contribution in [0.5, 0.6) is 11.5 Å². The van der Waals surface area contributed by atoms with Crippen molar-refractivity contribution in [3.8, 4) is 11.5 Å². The molecule has 0 saturated carbocycles. The van der Waals surface area contributed by atoms with Crippen LogP contribution in [0.4, 0.5) is 10.1 Å². The number of aromatic hydroxyl groups is 1. The lowest BCUT2D eigenvalue weighted by molar-refractivity contribution is -0.117.